The first kappa shape index (κ1) is 13.8. The average Bonchev–Trinajstić information content (AvgIpc) is 3.10. The molecular weight excluding hydrogens is 290 g/mol. The highest BCUT2D eigenvalue weighted by Gasteiger charge is 2.31. The van der Waals surface area contributed by atoms with Crippen LogP contribution in [-0.2, 0) is 0 Å². The lowest BCUT2D eigenvalue weighted by Crippen LogP contribution is -2.28. The fourth-order valence-electron chi connectivity index (χ4n) is 3.12. The van der Waals surface area contributed by atoms with Crippen molar-refractivity contribution in [3.05, 3.63) is 66.2 Å². The highest BCUT2D eigenvalue weighted by atomic mass is 16.5. The van der Waals surface area contributed by atoms with Gasteiger partial charge in [0.15, 0.2) is 0 Å². The van der Waals surface area contributed by atoms with Crippen LogP contribution in [0.25, 0.3) is 0 Å². The molecule has 3 aromatic rings. The van der Waals surface area contributed by atoms with E-state index in [0.717, 1.165) is 29.2 Å². The van der Waals surface area contributed by atoms with Gasteiger partial charge in [-0.15, -0.1) is 0 Å². The van der Waals surface area contributed by atoms with E-state index in [2.05, 4.69) is 32.5 Å². The zero-order valence-electron chi connectivity index (χ0n) is 12.8. The van der Waals surface area contributed by atoms with E-state index in [1.165, 1.54) is 0 Å². The molecule has 0 fully saturated rings. The summed E-state index contributed by atoms with van der Waals surface area (Å²) in [7, 11) is 1.70. The number of nitrogens with one attached hydrogen (secondary N) is 1. The fraction of sp³-hybridized carbons (Fsp3) is 0.235. The Balaban J connectivity index is 1.77. The minimum atomic E-state index is 0.0649. The Morgan fingerprint density at radius 3 is 2.96 bits per heavy atom. The van der Waals surface area contributed by atoms with Gasteiger partial charge in [-0.05, 0) is 24.1 Å². The van der Waals surface area contributed by atoms with Crippen molar-refractivity contribution in [1.82, 2.24) is 19.7 Å². The van der Waals surface area contributed by atoms with Crippen LogP contribution in [0.4, 0.5) is 5.95 Å². The quantitative estimate of drug-likeness (QED) is 0.806. The lowest BCUT2D eigenvalue weighted by molar-refractivity contribution is 0.380. The Kier molecular flexibility index (Phi) is 3.42. The van der Waals surface area contributed by atoms with Crippen LogP contribution >= 0.6 is 0 Å². The van der Waals surface area contributed by atoms with Gasteiger partial charge in [0, 0.05) is 18.0 Å². The number of aromatic nitrogens is 4. The number of anilines is 1. The number of para-hydroxylation sites is 1. The van der Waals surface area contributed by atoms with Crippen LogP contribution in [0.3, 0.4) is 0 Å². The molecule has 0 unspecified atom stereocenters. The highest BCUT2D eigenvalue weighted by molar-refractivity contribution is 5.42. The molecule has 1 aromatic carbocycles. The van der Waals surface area contributed by atoms with Crippen molar-refractivity contribution in [2.24, 2.45) is 0 Å². The van der Waals surface area contributed by atoms with E-state index in [4.69, 9.17) is 4.74 Å². The molecule has 23 heavy (non-hydrogen) atoms. The Hall–Kier alpha value is -2.89. The molecule has 0 radical (unpaired) electrons. The van der Waals surface area contributed by atoms with Crippen LogP contribution in [0.2, 0.25) is 0 Å². The van der Waals surface area contributed by atoms with Crippen LogP contribution < -0.4 is 10.1 Å². The summed E-state index contributed by atoms with van der Waals surface area (Å²) in [6.07, 6.45) is 6.11. The summed E-state index contributed by atoms with van der Waals surface area (Å²) in [5.74, 6) is 1.63. The number of rotatable bonds is 3. The standard InChI is InChI=1S/C17H17N5O/c1-23-16-7-3-2-6-13(16)15-9-14(12-5-4-8-18-10-12)21-17-19-11-20-22(15)17/h2-8,10-11,14-15H,9H2,1H3,(H,19,20,21)/t14-,15-/m0/s1. The summed E-state index contributed by atoms with van der Waals surface area (Å²) in [6, 6.07) is 12.3. The Bertz CT molecular complexity index is 802. The summed E-state index contributed by atoms with van der Waals surface area (Å²) in [5, 5.41) is 7.83. The zero-order chi connectivity index (χ0) is 15.6. The van der Waals surface area contributed by atoms with Crippen LogP contribution in [0.1, 0.15) is 29.6 Å². The summed E-state index contributed by atoms with van der Waals surface area (Å²) in [6.45, 7) is 0. The lowest BCUT2D eigenvalue weighted by Gasteiger charge is -2.32. The van der Waals surface area contributed by atoms with Crippen molar-refractivity contribution in [2.75, 3.05) is 12.4 Å². The van der Waals surface area contributed by atoms with Crippen LogP contribution in [-0.4, -0.2) is 26.9 Å². The number of nitrogens with zero attached hydrogens (tertiary/aromatic N) is 4. The van der Waals surface area contributed by atoms with Crippen molar-refractivity contribution in [3.8, 4) is 5.75 Å². The Morgan fingerprint density at radius 2 is 2.13 bits per heavy atom. The molecule has 1 aliphatic rings. The highest BCUT2D eigenvalue weighted by Crippen LogP contribution is 2.39. The van der Waals surface area contributed by atoms with Crippen LogP contribution in [0.15, 0.2) is 55.1 Å². The lowest BCUT2D eigenvalue weighted by atomic mass is 9.93. The molecule has 0 aliphatic carbocycles. The number of methoxy groups -OCH3 is 1. The molecule has 0 amide bonds. The summed E-state index contributed by atoms with van der Waals surface area (Å²) in [4.78, 5) is 8.57. The molecule has 0 saturated carbocycles. The maximum Gasteiger partial charge on any atom is 0.222 e. The largest absolute Gasteiger partial charge is 0.496 e. The van der Waals surface area contributed by atoms with E-state index in [-0.39, 0.29) is 12.1 Å². The minimum absolute atomic E-state index is 0.0649. The third-order valence-electron chi connectivity index (χ3n) is 4.22. The molecule has 3 heterocycles. The normalized spacial score (nSPS) is 19.7. The first-order chi connectivity index (χ1) is 11.4. The van der Waals surface area contributed by atoms with Gasteiger partial charge in [-0.1, -0.05) is 24.3 Å². The number of benzene rings is 1. The second-order valence-corrected chi connectivity index (χ2v) is 5.50. The van der Waals surface area contributed by atoms with Gasteiger partial charge >= 0.3 is 0 Å². The zero-order valence-corrected chi connectivity index (χ0v) is 12.8. The van der Waals surface area contributed by atoms with E-state index in [9.17, 15) is 0 Å². The topological polar surface area (TPSA) is 64.9 Å². The first-order valence-electron chi connectivity index (χ1n) is 7.55. The van der Waals surface area contributed by atoms with Crippen LogP contribution in [0.5, 0.6) is 5.75 Å². The van der Waals surface area contributed by atoms with Crippen molar-refractivity contribution >= 4 is 5.95 Å². The molecule has 0 spiro atoms. The SMILES string of the molecule is COc1ccccc1[C@@H]1C[C@@H](c2cccnc2)Nc2ncnn21. The van der Waals surface area contributed by atoms with Gasteiger partial charge in [0.25, 0.3) is 0 Å². The monoisotopic (exact) mass is 307 g/mol. The number of ether oxygens (including phenoxy) is 1. The fourth-order valence-corrected chi connectivity index (χ4v) is 3.12. The maximum atomic E-state index is 5.54. The molecule has 2 atom stereocenters. The molecule has 4 rings (SSSR count). The molecule has 1 N–H and O–H groups in total. The number of fused-ring (bicyclic) bond motifs is 1. The maximum absolute atomic E-state index is 5.54. The van der Waals surface area contributed by atoms with Gasteiger partial charge in [-0.3, -0.25) is 4.98 Å². The second kappa shape index (κ2) is 5.72. The smallest absolute Gasteiger partial charge is 0.222 e. The summed E-state index contributed by atoms with van der Waals surface area (Å²) >= 11 is 0. The molecule has 6 heteroatoms. The number of hydrogen-bond donors (Lipinski definition) is 1. The van der Waals surface area contributed by atoms with Gasteiger partial charge in [-0.2, -0.15) is 10.1 Å². The van der Waals surface area contributed by atoms with E-state index >= 15 is 0 Å². The molecule has 6 nitrogen and oxygen atoms in total. The molecular formula is C17H17N5O. The van der Waals surface area contributed by atoms with E-state index in [1.54, 1.807) is 19.6 Å². The minimum Gasteiger partial charge on any atom is -0.496 e. The van der Waals surface area contributed by atoms with Gasteiger partial charge in [0.2, 0.25) is 5.95 Å². The van der Waals surface area contributed by atoms with Crippen molar-refractivity contribution in [1.29, 1.82) is 0 Å². The molecule has 116 valence electrons. The van der Waals surface area contributed by atoms with Gasteiger partial charge in [0.1, 0.15) is 12.1 Å². The van der Waals surface area contributed by atoms with E-state index in [0.29, 0.717) is 0 Å². The van der Waals surface area contributed by atoms with Crippen molar-refractivity contribution in [3.63, 3.8) is 0 Å². The summed E-state index contributed by atoms with van der Waals surface area (Å²) in [5.41, 5.74) is 2.25. The van der Waals surface area contributed by atoms with Crippen molar-refractivity contribution < 1.29 is 4.74 Å². The second-order valence-electron chi connectivity index (χ2n) is 5.50. The predicted octanol–water partition coefficient (Wildman–Crippen LogP) is 2.83. The average molecular weight is 307 g/mol. The van der Waals surface area contributed by atoms with E-state index < -0.39 is 0 Å². The van der Waals surface area contributed by atoms with Gasteiger partial charge in [0.05, 0.1) is 19.2 Å². The Morgan fingerprint density at radius 1 is 1.22 bits per heavy atom. The predicted molar refractivity (Wildman–Crippen MR) is 86.4 cm³/mol. The third-order valence-corrected chi connectivity index (χ3v) is 4.22. The molecule has 0 saturated heterocycles. The number of hydrogen-bond acceptors (Lipinski definition) is 5. The van der Waals surface area contributed by atoms with Crippen LogP contribution in [0, 0.1) is 0 Å². The van der Waals surface area contributed by atoms with Gasteiger partial charge in [-0.25, -0.2) is 4.68 Å². The summed E-state index contributed by atoms with van der Waals surface area (Å²) < 4.78 is 7.46. The first-order valence-corrected chi connectivity index (χ1v) is 7.55. The molecule has 2 aromatic heterocycles. The van der Waals surface area contributed by atoms with Gasteiger partial charge < -0.3 is 10.1 Å². The Labute approximate surface area is 134 Å². The molecule has 0 bridgehead atoms. The van der Waals surface area contributed by atoms with E-state index in [1.807, 2.05) is 35.1 Å². The third kappa shape index (κ3) is 2.42. The van der Waals surface area contributed by atoms with Crippen molar-refractivity contribution in [2.45, 2.75) is 18.5 Å². The number of pyridine rings is 1. The molecule has 1 aliphatic heterocycles.